The van der Waals surface area contributed by atoms with Crippen molar-refractivity contribution in [3.63, 3.8) is 0 Å². The zero-order valence-corrected chi connectivity index (χ0v) is 14.9. The molecule has 2 nitrogen and oxygen atoms in total. The lowest BCUT2D eigenvalue weighted by Gasteiger charge is -2.31. The molecule has 1 aliphatic rings. The molecule has 1 aromatic heterocycles. The molecule has 3 rings (SSSR count). The number of carbonyl (C=O) groups is 1. The lowest BCUT2D eigenvalue weighted by molar-refractivity contribution is -0.132. The van der Waals surface area contributed by atoms with Gasteiger partial charge in [0.25, 0.3) is 0 Å². The average molecular weight is 378 g/mol. The highest BCUT2D eigenvalue weighted by molar-refractivity contribution is 9.10. The number of likely N-dealkylation sites (tertiary alicyclic amines) is 1. The number of amides is 1. The van der Waals surface area contributed by atoms with E-state index in [2.05, 4.69) is 39.5 Å². The topological polar surface area (TPSA) is 20.3 Å². The van der Waals surface area contributed by atoms with Crippen molar-refractivity contribution in [2.45, 2.75) is 31.6 Å². The summed E-state index contributed by atoms with van der Waals surface area (Å²) in [7, 11) is 0. The molecule has 116 valence electrons. The van der Waals surface area contributed by atoms with Crippen LogP contribution in [-0.4, -0.2) is 23.9 Å². The molecular weight excluding hydrogens is 358 g/mol. The predicted molar refractivity (Wildman–Crippen MR) is 95.3 cm³/mol. The first-order valence-electron chi connectivity index (χ1n) is 7.78. The van der Waals surface area contributed by atoms with E-state index in [1.807, 2.05) is 34.4 Å². The van der Waals surface area contributed by atoms with Gasteiger partial charge in [-0.3, -0.25) is 4.79 Å². The largest absolute Gasteiger partial charge is 0.343 e. The highest BCUT2D eigenvalue weighted by Crippen LogP contribution is 2.31. The van der Waals surface area contributed by atoms with Crippen LogP contribution in [0.5, 0.6) is 0 Å². The molecule has 0 N–H and O–H groups in total. The Hall–Kier alpha value is -1.13. The first kappa shape index (κ1) is 15.8. The molecule has 1 aliphatic heterocycles. The maximum Gasteiger partial charge on any atom is 0.222 e. The Labute approximate surface area is 144 Å². The number of hydrogen-bond acceptors (Lipinski definition) is 2. The molecule has 22 heavy (non-hydrogen) atoms. The number of hydrogen-bond donors (Lipinski definition) is 0. The van der Waals surface area contributed by atoms with Crippen molar-refractivity contribution in [3.05, 3.63) is 56.7 Å². The lowest BCUT2D eigenvalue weighted by atomic mass is 9.95. The molecule has 4 heteroatoms. The number of rotatable bonds is 4. The van der Waals surface area contributed by atoms with E-state index in [0.29, 0.717) is 18.2 Å². The van der Waals surface area contributed by atoms with Gasteiger partial charge < -0.3 is 4.90 Å². The van der Waals surface area contributed by atoms with E-state index in [1.54, 1.807) is 0 Å². The van der Waals surface area contributed by atoms with Crippen molar-refractivity contribution in [1.29, 1.82) is 0 Å². The van der Waals surface area contributed by atoms with Gasteiger partial charge in [0.1, 0.15) is 0 Å². The Morgan fingerprint density at radius 1 is 1.18 bits per heavy atom. The Kier molecular flexibility index (Phi) is 5.32. The minimum Gasteiger partial charge on any atom is -0.343 e. The molecule has 0 saturated carbocycles. The van der Waals surface area contributed by atoms with E-state index in [1.165, 1.54) is 10.4 Å². The Morgan fingerprint density at radius 2 is 1.95 bits per heavy atom. The van der Waals surface area contributed by atoms with Crippen LogP contribution in [0.15, 0.2) is 46.3 Å². The van der Waals surface area contributed by atoms with Crippen LogP contribution in [0.2, 0.25) is 0 Å². The van der Waals surface area contributed by atoms with Gasteiger partial charge >= 0.3 is 0 Å². The van der Waals surface area contributed by atoms with Gasteiger partial charge in [-0.25, -0.2) is 0 Å². The molecule has 2 heterocycles. The fourth-order valence-corrected chi connectivity index (χ4v) is 4.42. The zero-order valence-electron chi connectivity index (χ0n) is 12.5. The van der Waals surface area contributed by atoms with Crippen LogP contribution < -0.4 is 0 Å². The van der Waals surface area contributed by atoms with Crippen LogP contribution in [0.4, 0.5) is 0 Å². The first-order valence-corrected chi connectivity index (χ1v) is 9.46. The van der Waals surface area contributed by atoms with Crippen LogP contribution in [0, 0.1) is 0 Å². The standard InChI is InChI=1S/C18H20BrNOS/c19-16-5-2-1-4-14(16)7-8-18(21)20-11-9-15(10-12-20)17-6-3-13-22-17/h1-6,13,15H,7-12H2. The molecule has 1 saturated heterocycles. The van der Waals surface area contributed by atoms with Gasteiger partial charge in [0.2, 0.25) is 5.91 Å². The van der Waals surface area contributed by atoms with E-state index in [-0.39, 0.29) is 0 Å². The average Bonchev–Trinajstić information content (AvgIpc) is 3.08. The van der Waals surface area contributed by atoms with Gasteiger partial charge in [-0.1, -0.05) is 40.2 Å². The molecule has 1 aromatic carbocycles. The molecule has 2 aromatic rings. The quantitative estimate of drug-likeness (QED) is 0.745. The van der Waals surface area contributed by atoms with Gasteiger partial charge in [0.05, 0.1) is 0 Å². The lowest BCUT2D eigenvalue weighted by Crippen LogP contribution is -2.37. The van der Waals surface area contributed by atoms with Crippen molar-refractivity contribution in [1.82, 2.24) is 4.90 Å². The van der Waals surface area contributed by atoms with E-state index >= 15 is 0 Å². The van der Waals surface area contributed by atoms with Gasteiger partial charge in [0, 0.05) is 28.9 Å². The van der Waals surface area contributed by atoms with E-state index in [9.17, 15) is 4.79 Å². The molecule has 0 radical (unpaired) electrons. The molecule has 0 unspecified atom stereocenters. The highest BCUT2D eigenvalue weighted by atomic mass is 79.9. The summed E-state index contributed by atoms with van der Waals surface area (Å²) in [6.45, 7) is 1.80. The van der Waals surface area contributed by atoms with Crippen molar-refractivity contribution in [2.24, 2.45) is 0 Å². The summed E-state index contributed by atoms with van der Waals surface area (Å²) in [6.07, 6.45) is 3.61. The third-order valence-corrected chi connectivity index (χ3v) is 6.17. The summed E-state index contributed by atoms with van der Waals surface area (Å²) in [4.78, 5) is 15.9. The van der Waals surface area contributed by atoms with Gasteiger partial charge in [-0.05, 0) is 48.3 Å². The fraction of sp³-hybridized carbons (Fsp3) is 0.389. The number of thiophene rings is 1. The van der Waals surface area contributed by atoms with Crippen molar-refractivity contribution in [3.8, 4) is 0 Å². The summed E-state index contributed by atoms with van der Waals surface area (Å²) in [5.41, 5.74) is 1.21. The number of carbonyl (C=O) groups excluding carboxylic acids is 1. The van der Waals surface area contributed by atoms with Crippen LogP contribution in [0.1, 0.15) is 35.6 Å². The molecule has 0 bridgehead atoms. The molecular formula is C18H20BrNOS. The normalized spacial score (nSPS) is 16.0. The van der Waals surface area contributed by atoms with Gasteiger partial charge in [0.15, 0.2) is 0 Å². The van der Waals surface area contributed by atoms with E-state index in [0.717, 1.165) is 36.8 Å². The number of halogens is 1. The number of nitrogens with zero attached hydrogens (tertiary/aromatic N) is 1. The second-order valence-corrected chi connectivity index (χ2v) is 7.60. The second-order valence-electron chi connectivity index (χ2n) is 5.76. The van der Waals surface area contributed by atoms with Crippen LogP contribution in [0.25, 0.3) is 0 Å². The third-order valence-electron chi connectivity index (χ3n) is 4.36. The van der Waals surface area contributed by atoms with Gasteiger partial charge in [-0.2, -0.15) is 0 Å². The third kappa shape index (κ3) is 3.79. The summed E-state index contributed by atoms with van der Waals surface area (Å²) in [5, 5.41) is 2.14. The Bertz CT molecular complexity index is 618. The summed E-state index contributed by atoms with van der Waals surface area (Å²) in [6, 6.07) is 12.5. The Balaban J connectivity index is 1.49. The van der Waals surface area contributed by atoms with Crippen molar-refractivity contribution in [2.75, 3.05) is 13.1 Å². The van der Waals surface area contributed by atoms with Crippen molar-refractivity contribution < 1.29 is 4.79 Å². The van der Waals surface area contributed by atoms with Crippen LogP contribution in [0.3, 0.4) is 0 Å². The molecule has 0 spiro atoms. The number of aryl methyl sites for hydroxylation is 1. The summed E-state index contributed by atoms with van der Waals surface area (Å²) in [5.74, 6) is 0.938. The fourth-order valence-electron chi connectivity index (χ4n) is 3.04. The second kappa shape index (κ2) is 7.42. The minimum absolute atomic E-state index is 0.292. The molecule has 1 amide bonds. The van der Waals surface area contributed by atoms with E-state index in [4.69, 9.17) is 0 Å². The maximum atomic E-state index is 12.4. The smallest absolute Gasteiger partial charge is 0.222 e. The van der Waals surface area contributed by atoms with Crippen molar-refractivity contribution >= 4 is 33.2 Å². The summed E-state index contributed by atoms with van der Waals surface area (Å²) < 4.78 is 1.10. The first-order chi connectivity index (χ1) is 10.7. The monoisotopic (exact) mass is 377 g/mol. The van der Waals surface area contributed by atoms with E-state index < -0.39 is 0 Å². The van der Waals surface area contributed by atoms with Crippen LogP contribution in [-0.2, 0) is 11.2 Å². The predicted octanol–water partition coefficient (Wildman–Crippen LogP) is 4.85. The highest BCUT2D eigenvalue weighted by Gasteiger charge is 2.24. The minimum atomic E-state index is 0.292. The molecule has 1 fully saturated rings. The number of benzene rings is 1. The van der Waals surface area contributed by atoms with Gasteiger partial charge in [-0.15, -0.1) is 11.3 Å². The maximum absolute atomic E-state index is 12.4. The molecule has 0 aliphatic carbocycles. The zero-order chi connectivity index (χ0) is 15.4. The Morgan fingerprint density at radius 3 is 2.64 bits per heavy atom. The SMILES string of the molecule is O=C(CCc1ccccc1Br)N1CCC(c2cccs2)CC1. The van der Waals surface area contributed by atoms with Crippen LogP contribution >= 0.6 is 27.3 Å². The summed E-state index contributed by atoms with van der Waals surface area (Å²) >= 11 is 5.39. The molecule has 0 atom stereocenters. The number of piperidine rings is 1.